The molecular formula is C5H11CaO4P. The van der Waals surface area contributed by atoms with Crippen LogP contribution < -0.4 is 9.79 Å². The summed E-state index contributed by atoms with van der Waals surface area (Å²) >= 11 is 0. The van der Waals surface area contributed by atoms with E-state index < -0.39 is 13.9 Å². The number of hydrogen-bond donors (Lipinski definition) is 0. The van der Waals surface area contributed by atoms with E-state index in [1.54, 1.807) is 20.8 Å². The van der Waals surface area contributed by atoms with E-state index in [1.165, 1.54) is 0 Å². The van der Waals surface area contributed by atoms with E-state index in [0.29, 0.717) is 0 Å². The van der Waals surface area contributed by atoms with Crippen LogP contribution in [0.4, 0.5) is 0 Å². The molecule has 0 amide bonds. The molecule has 0 aromatic carbocycles. The molecule has 62 valence electrons. The van der Waals surface area contributed by atoms with Gasteiger partial charge in [0.25, 0.3) is 0 Å². The van der Waals surface area contributed by atoms with E-state index in [0.717, 1.165) is 0 Å². The average molecular weight is 206 g/mol. The van der Waals surface area contributed by atoms with Gasteiger partial charge in [-0.25, -0.2) is 0 Å². The molecule has 0 aliphatic rings. The third-order valence-corrected chi connectivity index (χ3v) is 1.82. The standard InChI is InChI=1S/C5H13O4P.Ca/c1-4(2)5(3)9-10(6,7)8;/h4-5H,1-3H3,(H2,6,7,8);/q;+2/p-2. The normalized spacial score (nSPS) is 14.4. The molecule has 0 saturated carbocycles. The van der Waals surface area contributed by atoms with E-state index in [1.807, 2.05) is 0 Å². The molecule has 4 nitrogen and oxygen atoms in total. The molecule has 0 heterocycles. The van der Waals surface area contributed by atoms with Crippen molar-refractivity contribution in [2.75, 3.05) is 0 Å². The minimum absolute atomic E-state index is 0. The molecule has 0 bridgehead atoms. The molecule has 11 heavy (non-hydrogen) atoms. The molecule has 0 rings (SSSR count). The minimum atomic E-state index is -4.78. The van der Waals surface area contributed by atoms with Gasteiger partial charge in [0.05, 0.1) is 13.9 Å². The summed E-state index contributed by atoms with van der Waals surface area (Å²) in [7, 11) is -4.78. The summed E-state index contributed by atoms with van der Waals surface area (Å²) in [6.45, 7) is 5.10. The molecule has 0 aliphatic carbocycles. The van der Waals surface area contributed by atoms with E-state index in [9.17, 15) is 14.4 Å². The monoisotopic (exact) mass is 206 g/mol. The first-order valence-electron chi connectivity index (χ1n) is 3.03. The van der Waals surface area contributed by atoms with Crippen LogP contribution >= 0.6 is 7.82 Å². The fourth-order valence-corrected chi connectivity index (χ4v) is 0.976. The Morgan fingerprint density at radius 1 is 1.27 bits per heavy atom. The molecule has 0 spiro atoms. The van der Waals surface area contributed by atoms with Crippen LogP contribution in [0.3, 0.4) is 0 Å². The number of phosphoric acid groups is 1. The van der Waals surface area contributed by atoms with Crippen LogP contribution in [0.25, 0.3) is 0 Å². The second-order valence-corrected chi connectivity index (χ2v) is 3.61. The second-order valence-electron chi connectivity index (χ2n) is 2.50. The van der Waals surface area contributed by atoms with Crippen LogP contribution in [0.2, 0.25) is 0 Å². The van der Waals surface area contributed by atoms with E-state index >= 15 is 0 Å². The average Bonchev–Trinajstić information content (AvgIpc) is 1.60. The van der Waals surface area contributed by atoms with Crippen LogP contribution in [0.15, 0.2) is 0 Å². The third-order valence-electron chi connectivity index (χ3n) is 1.23. The Balaban J connectivity index is 0. The fraction of sp³-hybridized carbons (Fsp3) is 1.00. The zero-order valence-electron chi connectivity index (χ0n) is 6.94. The Labute approximate surface area is 96.6 Å². The van der Waals surface area contributed by atoms with Gasteiger partial charge in [-0.15, -0.1) is 0 Å². The molecule has 0 N–H and O–H groups in total. The quantitative estimate of drug-likeness (QED) is 0.460. The first-order valence-corrected chi connectivity index (χ1v) is 4.49. The predicted octanol–water partition coefficient (Wildman–Crippen LogP) is -0.505. The molecule has 0 saturated heterocycles. The second kappa shape index (κ2) is 5.92. The van der Waals surface area contributed by atoms with Gasteiger partial charge in [-0.05, 0) is 12.8 Å². The Hall–Kier alpha value is 1.37. The maximum absolute atomic E-state index is 10.00. The smallest absolute Gasteiger partial charge is 0.790 e. The van der Waals surface area contributed by atoms with Gasteiger partial charge in [-0.2, -0.15) is 0 Å². The van der Waals surface area contributed by atoms with Gasteiger partial charge >= 0.3 is 37.7 Å². The van der Waals surface area contributed by atoms with Crippen molar-refractivity contribution in [1.29, 1.82) is 0 Å². The van der Waals surface area contributed by atoms with Crippen molar-refractivity contribution in [1.82, 2.24) is 0 Å². The Morgan fingerprint density at radius 3 is 1.73 bits per heavy atom. The van der Waals surface area contributed by atoms with Gasteiger partial charge in [0.15, 0.2) is 0 Å². The van der Waals surface area contributed by atoms with Gasteiger partial charge in [-0.1, -0.05) is 13.8 Å². The molecule has 0 radical (unpaired) electrons. The summed E-state index contributed by atoms with van der Waals surface area (Å²) in [4.78, 5) is 20.0. The SMILES string of the molecule is CC(C)C(C)OP(=O)([O-])[O-].[Ca+2]. The summed E-state index contributed by atoms with van der Waals surface area (Å²) in [6, 6.07) is 0. The number of rotatable bonds is 3. The molecule has 0 fully saturated rings. The number of phosphoric ester groups is 1. The van der Waals surface area contributed by atoms with Gasteiger partial charge in [0.1, 0.15) is 0 Å². The van der Waals surface area contributed by atoms with Crippen molar-refractivity contribution in [3.63, 3.8) is 0 Å². The summed E-state index contributed by atoms with van der Waals surface area (Å²) in [5.74, 6) is 0.0382. The van der Waals surface area contributed by atoms with Gasteiger partial charge < -0.3 is 18.9 Å². The topological polar surface area (TPSA) is 72.4 Å². The zero-order chi connectivity index (χ0) is 8.36. The summed E-state index contributed by atoms with van der Waals surface area (Å²) in [5.41, 5.74) is 0. The first kappa shape index (κ1) is 14.9. The third kappa shape index (κ3) is 9.28. The predicted molar refractivity (Wildman–Crippen MR) is 38.7 cm³/mol. The van der Waals surface area contributed by atoms with Crippen LogP contribution in [0.5, 0.6) is 0 Å². The minimum Gasteiger partial charge on any atom is -0.790 e. The Morgan fingerprint density at radius 2 is 1.64 bits per heavy atom. The zero-order valence-corrected chi connectivity index (χ0v) is 10.0. The van der Waals surface area contributed by atoms with Crippen LogP contribution in [-0.4, -0.2) is 43.8 Å². The van der Waals surface area contributed by atoms with Crippen molar-refractivity contribution >= 4 is 45.6 Å². The van der Waals surface area contributed by atoms with Crippen molar-refractivity contribution in [3.8, 4) is 0 Å². The van der Waals surface area contributed by atoms with Crippen molar-refractivity contribution in [2.45, 2.75) is 26.9 Å². The van der Waals surface area contributed by atoms with Crippen molar-refractivity contribution in [3.05, 3.63) is 0 Å². The van der Waals surface area contributed by atoms with Gasteiger partial charge in [0.2, 0.25) is 0 Å². The van der Waals surface area contributed by atoms with E-state index in [2.05, 4.69) is 4.52 Å². The molecule has 0 aliphatic heterocycles. The van der Waals surface area contributed by atoms with Crippen molar-refractivity contribution in [2.24, 2.45) is 5.92 Å². The van der Waals surface area contributed by atoms with Crippen LogP contribution in [-0.2, 0) is 9.09 Å². The maximum atomic E-state index is 10.00. The Kier molecular flexibility index (Phi) is 8.00. The molecule has 0 aromatic rings. The Bertz CT molecular complexity index is 143. The molecule has 1 atom stereocenters. The van der Waals surface area contributed by atoms with Crippen LogP contribution in [0, 0.1) is 5.92 Å². The maximum Gasteiger partial charge on any atom is 2.00 e. The summed E-state index contributed by atoms with van der Waals surface area (Å²) < 4.78 is 14.1. The van der Waals surface area contributed by atoms with E-state index in [-0.39, 0.29) is 43.7 Å². The van der Waals surface area contributed by atoms with Crippen molar-refractivity contribution < 1.29 is 18.9 Å². The molecule has 6 heteroatoms. The van der Waals surface area contributed by atoms with Gasteiger partial charge in [-0.3, -0.25) is 0 Å². The summed E-state index contributed by atoms with van der Waals surface area (Å²) in [5, 5.41) is 0. The molecule has 1 unspecified atom stereocenters. The summed E-state index contributed by atoms with van der Waals surface area (Å²) in [6.07, 6.45) is -0.527. The fourth-order valence-electron chi connectivity index (χ4n) is 0.325. The first-order chi connectivity index (χ1) is 4.33. The largest absolute Gasteiger partial charge is 2.00 e. The number of hydrogen-bond acceptors (Lipinski definition) is 4. The van der Waals surface area contributed by atoms with E-state index in [4.69, 9.17) is 0 Å². The molecule has 0 aromatic heterocycles. The van der Waals surface area contributed by atoms with Crippen LogP contribution in [0.1, 0.15) is 20.8 Å². The molecular weight excluding hydrogens is 195 g/mol. The van der Waals surface area contributed by atoms with Gasteiger partial charge in [0, 0.05) is 0 Å².